The molecule has 0 amide bonds. The van der Waals surface area contributed by atoms with Crippen LogP contribution in [0.25, 0.3) is 0 Å². The molecule has 2 rings (SSSR count). The van der Waals surface area contributed by atoms with E-state index in [-0.39, 0.29) is 4.90 Å². The lowest BCUT2D eigenvalue weighted by Crippen LogP contribution is -1.98. The van der Waals surface area contributed by atoms with Crippen molar-refractivity contribution in [2.45, 2.75) is 18.2 Å². The second-order valence-corrected chi connectivity index (χ2v) is 4.71. The van der Waals surface area contributed by atoms with E-state index in [0.29, 0.717) is 6.42 Å². The Hall–Kier alpha value is -1.20. The Morgan fingerprint density at radius 2 is 2.14 bits per heavy atom. The van der Waals surface area contributed by atoms with Crippen molar-refractivity contribution in [2.75, 3.05) is 0 Å². The second-order valence-electron chi connectivity index (χ2n) is 3.29. The molecule has 0 spiro atoms. The third-order valence-electron chi connectivity index (χ3n) is 2.11. The van der Waals surface area contributed by atoms with Crippen molar-refractivity contribution < 1.29 is 13.0 Å². The number of fused-ring (bicyclic) bond motifs is 1. The molecule has 1 N–H and O–H groups in total. The molecule has 5 heteroatoms. The molecule has 1 aromatic carbocycles. The maximum Gasteiger partial charge on any atom is 0.294 e. The first-order valence-electron chi connectivity index (χ1n) is 4.11. The summed E-state index contributed by atoms with van der Waals surface area (Å²) in [6.07, 6.45) is 0.651. The Morgan fingerprint density at radius 1 is 1.43 bits per heavy atom. The topological polar surface area (TPSA) is 66.7 Å². The summed E-state index contributed by atoms with van der Waals surface area (Å²) in [5.41, 5.74) is 2.58. The van der Waals surface area contributed by atoms with Gasteiger partial charge in [0.1, 0.15) is 0 Å². The zero-order chi connectivity index (χ0) is 10.3. The van der Waals surface area contributed by atoms with Crippen LogP contribution in [0.5, 0.6) is 0 Å². The first-order chi connectivity index (χ1) is 6.47. The zero-order valence-electron chi connectivity index (χ0n) is 7.56. The number of aliphatic imine (C=N–C) groups is 1. The molecule has 0 atom stereocenters. The monoisotopic (exact) mass is 211 g/mol. The molecule has 0 saturated carbocycles. The minimum Gasteiger partial charge on any atom is -0.282 e. The SMILES string of the molecule is CC1=Nc2ccc(S(=O)(=O)O)cc2C1. The maximum atomic E-state index is 10.8. The summed E-state index contributed by atoms with van der Waals surface area (Å²) in [7, 11) is -4.09. The van der Waals surface area contributed by atoms with Gasteiger partial charge in [0, 0.05) is 12.1 Å². The van der Waals surface area contributed by atoms with Gasteiger partial charge in [-0.2, -0.15) is 8.42 Å². The molecule has 4 nitrogen and oxygen atoms in total. The molecule has 14 heavy (non-hydrogen) atoms. The van der Waals surface area contributed by atoms with Gasteiger partial charge in [0.15, 0.2) is 0 Å². The molecule has 0 aliphatic carbocycles. The van der Waals surface area contributed by atoms with Gasteiger partial charge in [-0.25, -0.2) is 0 Å². The summed E-state index contributed by atoms with van der Waals surface area (Å²) in [4.78, 5) is 4.15. The highest BCUT2D eigenvalue weighted by Gasteiger charge is 2.16. The summed E-state index contributed by atoms with van der Waals surface area (Å²) in [5, 5.41) is 0. The van der Waals surface area contributed by atoms with Gasteiger partial charge in [-0.05, 0) is 30.7 Å². The lowest BCUT2D eigenvalue weighted by Gasteiger charge is -2.00. The number of benzene rings is 1. The molecule has 1 aliphatic rings. The van der Waals surface area contributed by atoms with E-state index in [1.54, 1.807) is 6.07 Å². The summed E-state index contributed by atoms with van der Waals surface area (Å²) < 4.78 is 30.5. The van der Waals surface area contributed by atoms with E-state index in [1.165, 1.54) is 12.1 Å². The van der Waals surface area contributed by atoms with Crippen molar-refractivity contribution in [3.8, 4) is 0 Å². The normalized spacial score (nSPS) is 15.1. The fraction of sp³-hybridized carbons (Fsp3) is 0.222. The third-order valence-corrected chi connectivity index (χ3v) is 2.96. The van der Waals surface area contributed by atoms with E-state index in [0.717, 1.165) is 17.0 Å². The average molecular weight is 211 g/mol. The quantitative estimate of drug-likeness (QED) is 0.717. The van der Waals surface area contributed by atoms with E-state index in [9.17, 15) is 8.42 Å². The molecule has 0 fully saturated rings. The predicted octanol–water partition coefficient (Wildman–Crippen LogP) is 1.58. The third kappa shape index (κ3) is 1.56. The fourth-order valence-electron chi connectivity index (χ4n) is 1.49. The molecule has 1 aliphatic heterocycles. The second kappa shape index (κ2) is 2.90. The Labute approximate surface area is 82.0 Å². The number of rotatable bonds is 1. The van der Waals surface area contributed by atoms with Crippen molar-refractivity contribution in [3.63, 3.8) is 0 Å². The Kier molecular flexibility index (Phi) is 1.94. The van der Waals surface area contributed by atoms with Crippen molar-refractivity contribution in [3.05, 3.63) is 23.8 Å². The van der Waals surface area contributed by atoms with Gasteiger partial charge in [-0.15, -0.1) is 0 Å². The maximum absolute atomic E-state index is 10.8. The Bertz CT molecular complexity index is 517. The van der Waals surface area contributed by atoms with Crippen molar-refractivity contribution in [1.82, 2.24) is 0 Å². The highest BCUT2D eigenvalue weighted by atomic mass is 32.2. The van der Waals surface area contributed by atoms with E-state index in [1.807, 2.05) is 6.92 Å². The molecule has 0 aromatic heterocycles. The van der Waals surface area contributed by atoms with Crippen LogP contribution in [0.2, 0.25) is 0 Å². The van der Waals surface area contributed by atoms with Crippen molar-refractivity contribution in [2.24, 2.45) is 4.99 Å². The van der Waals surface area contributed by atoms with E-state index >= 15 is 0 Å². The van der Waals surface area contributed by atoms with Crippen LogP contribution in [-0.4, -0.2) is 18.7 Å². The van der Waals surface area contributed by atoms with Gasteiger partial charge >= 0.3 is 0 Å². The van der Waals surface area contributed by atoms with Gasteiger partial charge < -0.3 is 0 Å². The highest BCUT2D eigenvalue weighted by Crippen LogP contribution is 2.28. The standard InChI is InChI=1S/C9H9NO3S/c1-6-4-7-5-8(14(11,12)13)2-3-9(7)10-6/h2-3,5H,4H2,1H3,(H,11,12,13). The van der Waals surface area contributed by atoms with Crippen molar-refractivity contribution >= 4 is 21.5 Å². The smallest absolute Gasteiger partial charge is 0.282 e. The van der Waals surface area contributed by atoms with Crippen LogP contribution in [0.1, 0.15) is 12.5 Å². The van der Waals surface area contributed by atoms with Gasteiger partial charge in [0.2, 0.25) is 0 Å². The molecule has 0 radical (unpaired) electrons. The van der Waals surface area contributed by atoms with Crippen LogP contribution in [0.3, 0.4) is 0 Å². The summed E-state index contributed by atoms with van der Waals surface area (Å²) in [6.45, 7) is 1.88. The molecular formula is C9H9NO3S. The molecule has 0 unspecified atom stereocenters. The number of hydrogen-bond acceptors (Lipinski definition) is 3. The van der Waals surface area contributed by atoms with Gasteiger partial charge in [-0.1, -0.05) is 0 Å². The molecule has 1 heterocycles. The minimum atomic E-state index is -4.09. The van der Waals surface area contributed by atoms with E-state index < -0.39 is 10.1 Å². The molecule has 0 bridgehead atoms. The van der Waals surface area contributed by atoms with Crippen LogP contribution >= 0.6 is 0 Å². The minimum absolute atomic E-state index is 0.0684. The number of nitrogens with zero attached hydrogens (tertiary/aromatic N) is 1. The molecule has 1 aromatic rings. The molecular weight excluding hydrogens is 202 g/mol. The first-order valence-corrected chi connectivity index (χ1v) is 5.55. The van der Waals surface area contributed by atoms with Crippen LogP contribution < -0.4 is 0 Å². The van der Waals surface area contributed by atoms with Crippen LogP contribution in [-0.2, 0) is 16.5 Å². The average Bonchev–Trinajstić information content (AvgIpc) is 2.41. The summed E-state index contributed by atoms with van der Waals surface area (Å²) in [5.74, 6) is 0. The fourth-order valence-corrected chi connectivity index (χ4v) is 2.02. The van der Waals surface area contributed by atoms with Gasteiger partial charge in [0.25, 0.3) is 10.1 Å². The van der Waals surface area contributed by atoms with Crippen LogP contribution in [0, 0.1) is 0 Å². The first kappa shape index (κ1) is 9.36. The van der Waals surface area contributed by atoms with Crippen molar-refractivity contribution in [1.29, 1.82) is 0 Å². The Morgan fingerprint density at radius 3 is 2.79 bits per heavy atom. The summed E-state index contributed by atoms with van der Waals surface area (Å²) in [6, 6.07) is 4.43. The lowest BCUT2D eigenvalue weighted by atomic mass is 10.1. The lowest BCUT2D eigenvalue weighted by molar-refractivity contribution is 0.483. The van der Waals surface area contributed by atoms with Crippen LogP contribution in [0.15, 0.2) is 28.1 Å². The highest BCUT2D eigenvalue weighted by molar-refractivity contribution is 7.85. The van der Waals surface area contributed by atoms with Gasteiger partial charge in [-0.3, -0.25) is 9.55 Å². The predicted molar refractivity (Wildman–Crippen MR) is 52.7 cm³/mol. The number of hydrogen-bond donors (Lipinski definition) is 1. The van der Waals surface area contributed by atoms with Gasteiger partial charge in [0.05, 0.1) is 10.6 Å². The molecule has 0 saturated heterocycles. The molecule has 74 valence electrons. The zero-order valence-corrected chi connectivity index (χ0v) is 8.37. The van der Waals surface area contributed by atoms with Crippen LogP contribution in [0.4, 0.5) is 5.69 Å². The van der Waals surface area contributed by atoms with E-state index in [2.05, 4.69) is 4.99 Å². The summed E-state index contributed by atoms with van der Waals surface area (Å²) >= 11 is 0. The van der Waals surface area contributed by atoms with E-state index in [4.69, 9.17) is 4.55 Å². The Balaban J connectivity index is 2.53. The largest absolute Gasteiger partial charge is 0.294 e.